The molecule has 1 heterocycles. The van der Waals surface area contributed by atoms with Gasteiger partial charge in [0.2, 0.25) is 5.91 Å². The normalized spacial score (nSPS) is 19.4. The van der Waals surface area contributed by atoms with Crippen molar-refractivity contribution >= 4 is 17.4 Å². The summed E-state index contributed by atoms with van der Waals surface area (Å²) in [4.78, 5) is 28.1. The number of hydrogen-bond acceptors (Lipinski definition) is 3. The van der Waals surface area contributed by atoms with Crippen LogP contribution in [0.15, 0.2) is 53.7 Å². The van der Waals surface area contributed by atoms with Crippen LogP contribution in [0.25, 0.3) is 0 Å². The van der Waals surface area contributed by atoms with Gasteiger partial charge in [0.15, 0.2) is 5.78 Å². The van der Waals surface area contributed by atoms with Crippen LogP contribution in [0, 0.1) is 13.8 Å². The van der Waals surface area contributed by atoms with Gasteiger partial charge in [0.1, 0.15) is 5.75 Å². The highest BCUT2D eigenvalue weighted by Crippen LogP contribution is 2.44. The summed E-state index contributed by atoms with van der Waals surface area (Å²) in [6.07, 6.45) is 2.42. The number of carbonyl (C=O) groups excluding carboxylic acids is 2. The van der Waals surface area contributed by atoms with E-state index in [-0.39, 0.29) is 17.6 Å². The van der Waals surface area contributed by atoms with Crippen LogP contribution >= 0.6 is 0 Å². The van der Waals surface area contributed by atoms with Crippen molar-refractivity contribution in [3.05, 3.63) is 70.4 Å². The molecule has 2 aromatic carbocycles. The van der Waals surface area contributed by atoms with Crippen molar-refractivity contribution in [3.8, 4) is 5.75 Å². The van der Waals surface area contributed by atoms with E-state index in [1.54, 1.807) is 0 Å². The molecule has 0 saturated heterocycles. The lowest BCUT2D eigenvalue weighted by Gasteiger charge is -2.39. The minimum atomic E-state index is -0.178. The maximum absolute atomic E-state index is 13.3. The number of nitrogens with zero attached hydrogens (tertiary/aromatic N) is 1. The number of ether oxygens (including phenoxy) is 1. The molecule has 1 unspecified atom stereocenters. The first-order valence-corrected chi connectivity index (χ1v) is 10.4. The topological polar surface area (TPSA) is 46.6 Å². The fourth-order valence-electron chi connectivity index (χ4n) is 4.50. The lowest BCUT2D eigenvalue weighted by molar-refractivity contribution is -0.119. The van der Waals surface area contributed by atoms with E-state index in [1.807, 2.05) is 55.1 Å². The Morgan fingerprint density at radius 3 is 2.52 bits per heavy atom. The summed E-state index contributed by atoms with van der Waals surface area (Å²) in [5, 5.41) is 0. The first-order chi connectivity index (χ1) is 14.0. The summed E-state index contributed by atoms with van der Waals surface area (Å²) >= 11 is 0. The number of benzene rings is 2. The maximum Gasteiger partial charge on any atom is 0.232 e. The third-order valence-corrected chi connectivity index (χ3v) is 6.09. The average molecular weight is 389 g/mol. The lowest BCUT2D eigenvalue weighted by Crippen LogP contribution is -2.41. The van der Waals surface area contributed by atoms with Crippen LogP contribution in [0.5, 0.6) is 5.75 Å². The van der Waals surface area contributed by atoms with Crippen LogP contribution in [0.2, 0.25) is 0 Å². The SMILES string of the molecule is CCOc1ccc(C2CC(=O)N(c3cccc(C)c3C)C3=C2C(=O)CCC3)cc1. The number of hydrogen-bond donors (Lipinski definition) is 0. The van der Waals surface area contributed by atoms with Crippen LogP contribution in [0.4, 0.5) is 5.69 Å². The highest BCUT2D eigenvalue weighted by Gasteiger charge is 2.40. The molecular formula is C25H27NO3. The first-order valence-electron chi connectivity index (χ1n) is 10.4. The fourth-order valence-corrected chi connectivity index (χ4v) is 4.50. The van der Waals surface area contributed by atoms with Crippen molar-refractivity contribution in [1.29, 1.82) is 0 Å². The second kappa shape index (κ2) is 7.86. The summed E-state index contributed by atoms with van der Waals surface area (Å²) in [5.74, 6) is 0.862. The molecule has 29 heavy (non-hydrogen) atoms. The number of amides is 1. The van der Waals surface area contributed by atoms with Crippen LogP contribution in [0.1, 0.15) is 55.2 Å². The Labute approximate surface area is 172 Å². The van der Waals surface area contributed by atoms with Crippen LogP contribution < -0.4 is 9.64 Å². The first kappa shape index (κ1) is 19.4. The minimum Gasteiger partial charge on any atom is -0.494 e. The van der Waals surface area contributed by atoms with Gasteiger partial charge in [0.05, 0.1) is 12.3 Å². The molecule has 1 aliphatic carbocycles. The molecule has 2 aliphatic rings. The molecule has 0 bridgehead atoms. The Kier molecular flexibility index (Phi) is 5.27. The van der Waals surface area contributed by atoms with Gasteiger partial charge in [-0.05, 0) is 68.5 Å². The standard InChI is InChI=1S/C25H27NO3/c1-4-29-19-13-11-18(12-14-19)20-15-24(28)26(21-8-5-7-16(2)17(21)3)22-9-6-10-23(27)25(20)22/h5,7-8,11-14,20H,4,6,9-10,15H2,1-3H3. The summed E-state index contributed by atoms with van der Waals surface area (Å²) in [6, 6.07) is 13.8. The summed E-state index contributed by atoms with van der Waals surface area (Å²) in [5.41, 5.74) is 5.86. The summed E-state index contributed by atoms with van der Waals surface area (Å²) in [6.45, 7) is 6.66. The van der Waals surface area contributed by atoms with Crippen LogP contribution in [-0.2, 0) is 9.59 Å². The third-order valence-electron chi connectivity index (χ3n) is 6.09. The largest absolute Gasteiger partial charge is 0.494 e. The molecule has 4 heteroatoms. The highest BCUT2D eigenvalue weighted by molar-refractivity contribution is 6.07. The molecule has 0 radical (unpaired) electrons. The van der Waals surface area contributed by atoms with E-state index in [2.05, 4.69) is 13.0 Å². The van der Waals surface area contributed by atoms with Gasteiger partial charge < -0.3 is 4.74 Å². The van der Waals surface area contributed by atoms with E-state index in [0.717, 1.165) is 52.2 Å². The Morgan fingerprint density at radius 1 is 1.03 bits per heavy atom. The molecule has 150 valence electrons. The van der Waals surface area contributed by atoms with Gasteiger partial charge in [-0.3, -0.25) is 14.5 Å². The second-order valence-electron chi connectivity index (χ2n) is 7.84. The van der Waals surface area contributed by atoms with Crippen molar-refractivity contribution in [3.63, 3.8) is 0 Å². The van der Waals surface area contributed by atoms with E-state index in [1.165, 1.54) is 0 Å². The molecular weight excluding hydrogens is 362 g/mol. The molecule has 1 atom stereocenters. The van der Waals surface area contributed by atoms with E-state index in [4.69, 9.17) is 4.74 Å². The predicted molar refractivity (Wildman–Crippen MR) is 114 cm³/mol. The quantitative estimate of drug-likeness (QED) is 0.719. The second-order valence-corrected chi connectivity index (χ2v) is 7.84. The maximum atomic E-state index is 13.3. The molecule has 0 saturated carbocycles. The number of carbonyl (C=O) groups is 2. The molecule has 4 nitrogen and oxygen atoms in total. The van der Waals surface area contributed by atoms with Crippen molar-refractivity contribution in [2.24, 2.45) is 0 Å². The molecule has 2 aromatic rings. The summed E-state index contributed by atoms with van der Waals surface area (Å²) in [7, 11) is 0. The van der Waals surface area contributed by atoms with E-state index >= 15 is 0 Å². The molecule has 0 fully saturated rings. The average Bonchev–Trinajstić information content (AvgIpc) is 2.71. The Balaban J connectivity index is 1.81. The van der Waals surface area contributed by atoms with Gasteiger partial charge in [-0.15, -0.1) is 0 Å². The van der Waals surface area contributed by atoms with E-state index in [0.29, 0.717) is 19.4 Å². The van der Waals surface area contributed by atoms with Crippen molar-refractivity contribution in [2.45, 2.75) is 52.4 Å². The molecule has 0 aromatic heterocycles. The number of Topliss-reactive ketones (excluding diaryl/α,β-unsaturated/α-hetero) is 1. The van der Waals surface area contributed by atoms with Crippen LogP contribution in [-0.4, -0.2) is 18.3 Å². The number of rotatable bonds is 4. The Bertz CT molecular complexity index is 988. The minimum absolute atomic E-state index is 0.0611. The van der Waals surface area contributed by atoms with Crippen molar-refractivity contribution in [1.82, 2.24) is 0 Å². The molecule has 1 aliphatic heterocycles. The van der Waals surface area contributed by atoms with Crippen molar-refractivity contribution in [2.75, 3.05) is 11.5 Å². The molecule has 1 amide bonds. The smallest absolute Gasteiger partial charge is 0.232 e. The number of ketones is 1. The number of anilines is 1. The van der Waals surface area contributed by atoms with Gasteiger partial charge in [-0.2, -0.15) is 0 Å². The number of aryl methyl sites for hydroxylation is 1. The van der Waals surface area contributed by atoms with E-state index < -0.39 is 0 Å². The van der Waals surface area contributed by atoms with Gasteiger partial charge in [0.25, 0.3) is 0 Å². The lowest BCUT2D eigenvalue weighted by atomic mass is 9.77. The zero-order chi connectivity index (χ0) is 20.5. The highest BCUT2D eigenvalue weighted by atomic mass is 16.5. The predicted octanol–water partition coefficient (Wildman–Crippen LogP) is 5.23. The molecule has 0 N–H and O–H groups in total. The van der Waals surface area contributed by atoms with Crippen LogP contribution in [0.3, 0.4) is 0 Å². The third kappa shape index (κ3) is 3.48. The number of allylic oxidation sites excluding steroid dienone is 2. The van der Waals surface area contributed by atoms with Gasteiger partial charge in [-0.25, -0.2) is 0 Å². The fraction of sp³-hybridized carbons (Fsp3) is 0.360. The zero-order valence-corrected chi connectivity index (χ0v) is 17.3. The van der Waals surface area contributed by atoms with Gasteiger partial charge >= 0.3 is 0 Å². The zero-order valence-electron chi connectivity index (χ0n) is 17.3. The van der Waals surface area contributed by atoms with Gasteiger partial charge in [-0.1, -0.05) is 24.3 Å². The van der Waals surface area contributed by atoms with Crippen molar-refractivity contribution < 1.29 is 14.3 Å². The molecule has 0 spiro atoms. The molecule has 4 rings (SSSR count). The summed E-state index contributed by atoms with van der Waals surface area (Å²) < 4.78 is 5.54. The Morgan fingerprint density at radius 2 is 1.79 bits per heavy atom. The van der Waals surface area contributed by atoms with E-state index in [9.17, 15) is 9.59 Å². The monoisotopic (exact) mass is 389 g/mol. The van der Waals surface area contributed by atoms with Gasteiger partial charge in [0, 0.05) is 30.0 Å². The Hall–Kier alpha value is -2.88.